The number of benzene rings is 2. The Labute approximate surface area is 238 Å². The molecule has 0 aliphatic carbocycles. The normalized spacial score (nSPS) is 16.6. The quantitative estimate of drug-likeness (QED) is 0.275. The minimum absolute atomic E-state index is 0.0501. The summed E-state index contributed by atoms with van der Waals surface area (Å²) in [5.74, 6) is 0.384. The summed E-state index contributed by atoms with van der Waals surface area (Å²) in [4.78, 5) is 22.5. The Morgan fingerprint density at radius 1 is 1.20 bits per heavy atom. The molecule has 2 aromatic carbocycles. The minimum Gasteiger partial charge on any atom is -0.416 e. The van der Waals surface area contributed by atoms with E-state index in [9.17, 15) is 15.3 Å². The highest BCUT2D eigenvalue weighted by Gasteiger charge is 2.44. The molecule has 8 nitrogen and oxygen atoms in total. The zero-order valence-corrected chi connectivity index (χ0v) is 25.2. The summed E-state index contributed by atoms with van der Waals surface area (Å²) in [6, 6.07) is 15.6. The molecule has 40 heavy (non-hydrogen) atoms. The topological polar surface area (TPSA) is 115 Å². The molecule has 0 saturated carbocycles. The first-order chi connectivity index (χ1) is 18.8. The zero-order chi connectivity index (χ0) is 29.3. The lowest BCUT2D eigenvalue weighted by Crippen LogP contribution is -2.46. The highest BCUT2D eigenvalue weighted by Crippen LogP contribution is 2.46. The molecule has 0 spiro atoms. The van der Waals surface area contributed by atoms with Crippen molar-refractivity contribution in [3.63, 3.8) is 0 Å². The maximum absolute atomic E-state index is 11.5. The summed E-state index contributed by atoms with van der Waals surface area (Å²) >= 11 is 0. The van der Waals surface area contributed by atoms with Gasteiger partial charge in [0.2, 0.25) is 5.95 Å². The Morgan fingerprint density at radius 2 is 1.95 bits per heavy atom. The Hall–Kier alpha value is -3.99. The van der Waals surface area contributed by atoms with Gasteiger partial charge in [0.05, 0.1) is 22.9 Å². The van der Waals surface area contributed by atoms with Gasteiger partial charge in [-0.3, -0.25) is 0 Å². The van der Waals surface area contributed by atoms with Crippen LogP contribution in [0.5, 0.6) is 0 Å². The second kappa shape index (κ2) is 10.9. The van der Waals surface area contributed by atoms with E-state index < -0.39 is 13.7 Å². The number of hydrogen-bond donors (Lipinski definition) is 1. The van der Waals surface area contributed by atoms with Gasteiger partial charge in [0.25, 0.3) is 0 Å². The number of nitriles is 2. The molecule has 1 atom stereocenters. The van der Waals surface area contributed by atoms with Crippen molar-refractivity contribution >= 4 is 39.2 Å². The number of hydrogen-bond acceptors (Lipinski definition) is 8. The third-order valence-electron chi connectivity index (χ3n) is 8.05. The lowest BCUT2D eigenvalue weighted by molar-refractivity contribution is 0.219. The van der Waals surface area contributed by atoms with Crippen molar-refractivity contribution in [1.82, 2.24) is 9.97 Å². The molecule has 1 aromatic heterocycles. The molecule has 10 heteroatoms. The Morgan fingerprint density at radius 3 is 2.60 bits per heavy atom. The number of carbonyl (C=O) groups excluding carboxylic acids is 1. The molecule has 1 aliphatic heterocycles. The van der Waals surface area contributed by atoms with Crippen LogP contribution in [0.1, 0.15) is 49.9 Å². The van der Waals surface area contributed by atoms with E-state index in [0.717, 1.165) is 34.3 Å². The molecular formula is C30H34BN6O2Si. The number of nitrogens with one attached hydrogen (secondary N) is 1. The molecule has 4 rings (SSSR count). The predicted octanol–water partition coefficient (Wildman–Crippen LogP) is 5.85. The monoisotopic (exact) mass is 549 g/mol. The van der Waals surface area contributed by atoms with E-state index in [-0.39, 0.29) is 5.04 Å². The van der Waals surface area contributed by atoms with Gasteiger partial charge in [-0.15, -0.1) is 0 Å². The van der Waals surface area contributed by atoms with Crippen molar-refractivity contribution in [3.8, 4) is 23.4 Å². The molecule has 1 aliphatic rings. The standard InChI is InChI=1S/C30H34BN6O2Si/c1-20-8-9-21(15-32)12-26(20)36-28-34-11-10-25(35-28)22-13-23(16-33)27-24(14-22)30(5,17-37(27)31-19-38)18-39-40(6,7)29(2,3)4/h8-14,19H,17-18H2,1-7H3,(H,34,35,36)/t30-/m1/s1. The second-order valence-electron chi connectivity index (χ2n) is 12.1. The third-order valence-corrected chi connectivity index (χ3v) is 12.5. The first-order valence-electron chi connectivity index (χ1n) is 13.2. The van der Waals surface area contributed by atoms with Crippen LogP contribution in [-0.4, -0.2) is 45.0 Å². The van der Waals surface area contributed by atoms with Crippen molar-refractivity contribution in [2.24, 2.45) is 0 Å². The number of anilines is 3. The average Bonchev–Trinajstić information content (AvgIpc) is 3.20. The van der Waals surface area contributed by atoms with Crippen molar-refractivity contribution < 1.29 is 9.22 Å². The first-order valence-corrected chi connectivity index (χ1v) is 16.1. The lowest BCUT2D eigenvalue weighted by Gasteiger charge is -2.39. The summed E-state index contributed by atoms with van der Waals surface area (Å²) in [7, 11) is -0.562. The SMILES string of the molecule is Cc1ccc(C#N)cc1Nc1nccc(-c2cc(C#N)c3c(c2)[C@@](C)(CO[Si](C)(C)C(C)(C)C)CN3[B]C=O)n1. The van der Waals surface area contributed by atoms with Crippen molar-refractivity contribution in [2.75, 3.05) is 23.3 Å². The fourth-order valence-corrected chi connectivity index (χ4v) is 5.70. The summed E-state index contributed by atoms with van der Waals surface area (Å²) in [6.07, 6.45) is 2.42. The smallest absolute Gasteiger partial charge is 0.329 e. The van der Waals surface area contributed by atoms with Gasteiger partial charge < -0.3 is 19.3 Å². The van der Waals surface area contributed by atoms with Gasteiger partial charge >= 0.3 is 7.41 Å². The van der Waals surface area contributed by atoms with Gasteiger partial charge in [0, 0.05) is 41.7 Å². The van der Waals surface area contributed by atoms with Crippen LogP contribution >= 0.6 is 0 Å². The van der Waals surface area contributed by atoms with Crippen LogP contribution in [0.25, 0.3) is 11.3 Å². The highest BCUT2D eigenvalue weighted by atomic mass is 28.4. The Bertz CT molecular complexity index is 1540. The zero-order valence-electron chi connectivity index (χ0n) is 24.2. The van der Waals surface area contributed by atoms with E-state index in [0.29, 0.717) is 35.9 Å². The molecule has 3 aromatic rings. The van der Waals surface area contributed by atoms with Crippen LogP contribution in [0.4, 0.5) is 17.3 Å². The van der Waals surface area contributed by atoms with Crippen molar-refractivity contribution in [1.29, 1.82) is 10.5 Å². The molecule has 0 unspecified atom stereocenters. The molecule has 2 heterocycles. The van der Waals surface area contributed by atoms with Crippen LogP contribution in [0.2, 0.25) is 18.1 Å². The van der Waals surface area contributed by atoms with Crippen LogP contribution < -0.4 is 10.1 Å². The first kappa shape index (κ1) is 29.0. The number of aryl methyl sites for hydroxylation is 1. The van der Waals surface area contributed by atoms with Crippen LogP contribution in [0.15, 0.2) is 42.6 Å². The van der Waals surface area contributed by atoms with Crippen LogP contribution in [-0.2, 0) is 14.6 Å². The number of carbonyl (C=O) groups is 1. The summed E-state index contributed by atoms with van der Waals surface area (Å²) < 4.78 is 6.67. The van der Waals surface area contributed by atoms with E-state index in [1.54, 1.807) is 30.5 Å². The molecule has 0 saturated heterocycles. The van der Waals surface area contributed by atoms with Crippen LogP contribution in [0.3, 0.4) is 0 Å². The molecule has 1 N–H and O–H groups in total. The largest absolute Gasteiger partial charge is 0.416 e. The lowest BCUT2D eigenvalue weighted by atomic mass is 9.83. The Kier molecular flexibility index (Phi) is 7.89. The second-order valence-corrected chi connectivity index (χ2v) is 16.9. The van der Waals surface area contributed by atoms with E-state index >= 15 is 0 Å². The maximum Gasteiger partial charge on any atom is 0.329 e. The predicted molar refractivity (Wildman–Crippen MR) is 162 cm³/mol. The van der Waals surface area contributed by atoms with Gasteiger partial charge in [-0.1, -0.05) is 33.8 Å². The van der Waals surface area contributed by atoms with Gasteiger partial charge in [-0.25, -0.2) is 9.97 Å². The van der Waals surface area contributed by atoms with E-state index in [1.807, 2.05) is 17.8 Å². The van der Waals surface area contributed by atoms with Gasteiger partial charge in [0.15, 0.2) is 8.32 Å². The van der Waals surface area contributed by atoms with E-state index in [1.165, 1.54) is 7.41 Å². The molecule has 0 fully saturated rings. The number of aromatic nitrogens is 2. The fraction of sp³-hybridized carbons (Fsp3) is 0.367. The molecular weight excluding hydrogens is 515 g/mol. The maximum atomic E-state index is 11.5. The van der Waals surface area contributed by atoms with E-state index in [2.05, 4.69) is 69.3 Å². The van der Waals surface area contributed by atoms with Gasteiger partial charge in [0.1, 0.15) is 12.3 Å². The molecule has 203 valence electrons. The van der Waals surface area contributed by atoms with Gasteiger partial charge in [-0.05, 0) is 66.5 Å². The molecule has 1 radical (unpaired) electrons. The third kappa shape index (κ3) is 5.65. The summed E-state index contributed by atoms with van der Waals surface area (Å²) in [5.41, 5.74) is 5.37. The van der Waals surface area contributed by atoms with Crippen molar-refractivity contribution in [3.05, 3.63) is 64.8 Å². The number of rotatable bonds is 8. The Balaban J connectivity index is 1.76. The average molecular weight is 550 g/mol. The number of nitrogens with zero attached hydrogens (tertiary/aromatic N) is 5. The number of fused-ring (bicyclic) bond motifs is 1. The van der Waals surface area contributed by atoms with Gasteiger partial charge in [-0.2, -0.15) is 10.5 Å². The van der Waals surface area contributed by atoms with Crippen LogP contribution in [0, 0.1) is 29.6 Å². The summed E-state index contributed by atoms with van der Waals surface area (Å²) in [6.45, 7) is 16.1. The highest BCUT2D eigenvalue weighted by molar-refractivity contribution is 6.74. The minimum atomic E-state index is -2.05. The molecule has 0 bridgehead atoms. The fourth-order valence-electron chi connectivity index (χ4n) is 4.58. The van der Waals surface area contributed by atoms with E-state index in [4.69, 9.17) is 9.41 Å². The van der Waals surface area contributed by atoms with Crippen molar-refractivity contribution in [2.45, 2.75) is 58.2 Å². The summed E-state index contributed by atoms with van der Waals surface area (Å²) in [5, 5.41) is 22.7. The molecule has 0 amide bonds.